The Hall–Kier alpha value is -1.29. The van der Waals surface area contributed by atoms with Gasteiger partial charge in [-0.1, -0.05) is 12.8 Å². The van der Waals surface area contributed by atoms with Crippen LogP contribution < -0.4 is 11.1 Å². The van der Waals surface area contributed by atoms with E-state index in [1.165, 1.54) is 12.8 Å². The molecule has 0 bridgehead atoms. The first kappa shape index (κ1) is 12.2. The van der Waals surface area contributed by atoms with Crippen LogP contribution in [0, 0.1) is 12.3 Å². The van der Waals surface area contributed by atoms with Crippen molar-refractivity contribution in [3.05, 3.63) is 17.8 Å². The van der Waals surface area contributed by atoms with E-state index < -0.39 is 0 Å². The molecule has 4 N–H and O–H groups in total. The topological polar surface area (TPSA) is 71.2 Å². The van der Waals surface area contributed by atoms with Gasteiger partial charge in [-0.2, -0.15) is 0 Å². The maximum absolute atomic E-state index is 9.53. The Morgan fingerprint density at radius 3 is 2.76 bits per heavy atom. The molecule has 17 heavy (non-hydrogen) atoms. The second-order valence-electron chi connectivity index (χ2n) is 5.15. The number of anilines is 2. The summed E-state index contributed by atoms with van der Waals surface area (Å²) in [7, 11) is 0. The van der Waals surface area contributed by atoms with Crippen LogP contribution in [0.25, 0.3) is 0 Å². The monoisotopic (exact) mass is 235 g/mol. The van der Waals surface area contributed by atoms with Crippen molar-refractivity contribution in [2.75, 3.05) is 24.2 Å². The fraction of sp³-hybridized carbons (Fsp3) is 0.615. The first-order valence-electron chi connectivity index (χ1n) is 6.22. The predicted molar refractivity (Wildman–Crippen MR) is 69.9 cm³/mol. The molecule has 2 rings (SSSR count). The van der Waals surface area contributed by atoms with Gasteiger partial charge in [0.05, 0.1) is 18.5 Å². The number of pyridine rings is 1. The Kier molecular flexibility index (Phi) is 3.52. The number of nitrogen functional groups attached to an aromatic ring is 1. The van der Waals surface area contributed by atoms with Gasteiger partial charge in [-0.05, 0) is 31.4 Å². The molecule has 1 heterocycles. The first-order valence-corrected chi connectivity index (χ1v) is 6.22. The number of nitrogens with one attached hydrogen (secondary N) is 1. The number of rotatable bonds is 4. The van der Waals surface area contributed by atoms with Crippen molar-refractivity contribution < 1.29 is 5.11 Å². The summed E-state index contributed by atoms with van der Waals surface area (Å²) in [6, 6.07) is 1.91. The molecule has 0 spiro atoms. The molecule has 4 heteroatoms. The standard InChI is InChI=1S/C13H21N3O/c1-10-6-11(14)7-15-12(10)16-8-13(9-17)4-2-3-5-13/h6-7,17H,2-5,8-9,14H2,1H3,(H,15,16). The lowest BCUT2D eigenvalue weighted by atomic mass is 9.87. The molecule has 0 atom stereocenters. The lowest BCUT2D eigenvalue weighted by Crippen LogP contribution is -2.31. The van der Waals surface area contributed by atoms with Gasteiger partial charge < -0.3 is 16.2 Å². The van der Waals surface area contributed by atoms with Crippen molar-refractivity contribution >= 4 is 11.5 Å². The van der Waals surface area contributed by atoms with E-state index in [2.05, 4.69) is 10.3 Å². The van der Waals surface area contributed by atoms with Crippen LogP contribution in [0.15, 0.2) is 12.3 Å². The van der Waals surface area contributed by atoms with E-state index in [0.29, 0.717) is 5.69 Å². The lowest BCUT2D eigenvalue weighted by Gasteiger charge is -2.27. The Morgan fingerprint density at radius 1 is 1.47 bits per heavy atom. The summed E-state index contributed by atoms with van der Waals surface area (Å²) in [5.74, 6) is 0.874. The number of nitrogens with two attached hydrogens (primary N) is 1. The Bertz CT molecular complexity index is 386. The Balaban J connectivity index is 2.01. The van der Waals surface area contributed by atoms with Crippen LogP contribution >= 0.6 is 0 Å². The fourth-order valence-corrected chi connectivity index (χ4v) is 2.57. The first-order chi connectivity index (χ1) is 8.15. The molecule has 1 aromatic rings. The zero-order chi connectivity index (χ0) is 12.3. The van der Waals surface area contributed by atoms with Gasteiger partial charge in [0.1, 0.15) is 5.82 Å². The minimum absolute atomic E-state index is 0.0511. The normalized spacial score (nSPS) is 18.2. The van der Waals surface area contributed by atoms with E-state index >= 15 is 0 Å². The molecule has 0 aliphatic heterocycles. The molecule has 94 valence electrons. The van der Waals surface area contributed by atoms with Gasteiger partial charge in [0.15, 0.2) is 0 Å². The molecule has 0 saturated heterocycles. The molecule has 1 fully saturated rings. The molecule has 0 aromatic carbocycles. The van der Waals surface area contributed by atoms with E-state index in [0.717, 1.165) is 30.8 Å². The molecule has 0 amide bonds. The third kappa shape index (κ3) is 2.69. The summed E-state index contributed by atoms with van der Waals surface area (Å²) in [4.78, 5) is 4.29. The maximum atomic E-state index is 9.53. The van der Waals surface area contributed by atoms with E-state index in [1.54, 1.807) is 6.20 Å². The average Bonchev–Trinajstić information content (AvgIpc) is 2.77. The number of hydrogen-bond donors (Lipinski definition) is 3. The third-order valence-electron chi connectivity index (χ3n) is 3.73. The van der Waals surface area contributed by atoms with Crippen LogP contribution in [-0.2, 0) is 0 Å². The van der Waals surface area contributed by atoms with E-state index in [1.807, 2.05) is 13.0 Å². The van der Waals surface area contributed by atoms with Gasteiger partial charge in [-0.15, -0.1) is 0 Å². The van der Waals surface area contributed by atoms with Crippen molar-refractivity contribution in [2.45, 2.75) is 32.6 Å². The number of aliphatic hydroxyl groups is 1. The number of aryl methyl sites for hydroxylation is 1. The number of aliphatic hydroxyl groups excluding tert-OH is 1. The summed E-state index contributed by atoms with van der Waals surface area (Å²) in [5.41, 5.74) is 7.46. The van der Waals surface area contributed by atoms with E-state index in [4.69, 9.17) is 5.73 Å². The Labute approximate surface area is 102 Å². The summed E-state index contributed by atoms with van der Waals surface area (Å²) >= 11 is 0. The van der Waals surface area contributed by atoms with Crippen LogP contribution in [0.4, 0.5) is 11.5 Å². The van der Waals surface area contributed by atoms with Crippen molar-refractivity contribution in [3.63, 3.8) is 0 Å². The third-order valence-corrected chi connectivity index (χ3v) is 3.73. The molecular weight excluding hydrogens is 214 g/mol. The highest BCUT2D eigenvalue weighted by atomic mass is 16.3. The van der Waals surface area contributed by atoms with Crippen molar-refractivity contribution in [1.29, 1.82) is 0 Å². The number of nitrogens with zero attached hydrogens (tertiary/aromatic N) is 1. The largest absolute Gasteiger partial charge is 0.397 e. The molecule has 1 aromatic heterocycles. The molecule has 1 saturated carbocycles. The highest BCUT2D eigenvalue weighted by Crippen LogP contribution is 2.37. The maximum Gasteiger partial charge on any atom is 0.129 e. The lowest BCUT2D eigenvalue weighted by molar-refractivity contribution is 0.142. The number of aromatic nitrogens is 1. The van der Waals surface area contributed by atoms with Crippen LogP contribution in [0.1, 0.15) is 31.2 Å². The zero-order valence-corrected chi connectivity index (χ0v) is 10.4. The highest BCUT2D eigenvalue weighted by molar-refractivity contribution is 5.50. The summed E-state index contributed by atoms with van der Waals surface area (Å²) in [6.45, 7) is 3.04. The van der Waals surface area contributed by atoms with Gasteiger partial charge in [0.25, 0.3) is 0 Å². The zero-order valence-electron chi connectivity index (χ0n) is 10.4. The average molecular weight is 235 g/mol. The second kappa shape index (κ2) is 4.92. The minimum Gasteiger partial charge on any atom is -0.397 e. The Morgan fingerprint density at radius 2 is 2.18 bits per heavy atom. The molecular formula is C13H21N3O. The predicted octanol–water partition coefficient (Wildman–Crippen LogP) is 1.94. The number of hydrogen-bond acceptors (Lipinski definition) is 4. The highest BCUT2D eigenvalue weighted by Gasteiger charge is 2.33. The fourth-order valence-electron chi connectivity index (χ4n) is 2.57. The van der Waals surface area contributed by atoms with Crippen LogP contribution in [0.5, 0.6) is 0 Å². The van der Waals surface area contributed by atoms with Crippen LogP contribution in [-0.4, -0.2) is 23.2 Å². The van der Waals surface area contributed by atoms with Crippen LogP contribution in [0.3, 0.4) is 0 Å². The summed E-state index contributed by atoms with van der Waals surface area (Å²) in [5, 5.41) is 12.9. The van der Waals surface area contributed by atoms with Gasteiger partial charge in [-0.25, -0.2) is 4.98 Å². The van der Waals surface area contributed by atoms with Crippen molar-refractivity contribution in [1.82, 2.24) is 4.98 Å². The van der Waals surface area contributed by atoms with Gasteiger partial charge in [0, 0.05) is 12.0 Å². The van der Waals surface area contributed by atoms with Crippen LogP contribution in [0.2, 0.25) is 0 Å². The molecule has 1 aliphatic rings. The van der Waals surface area contributed by atoms with E-state index in [9.17, 15) is 5.11 Å². The summed E-state index contributed by atoms with van der Waals surface area (Å²) < 4.78 is 0. The van der Waals surface area contributed by atoms with E-state index in [-0.39, 0.29) is 12.0 Å². The molecule has 1 aliphatic carbocycles. The summed E-state index contributed by atoms with van der Waals surface area (Å²) in [6.07, 6.45) is 6.30. The minimum atomic E-state index is 0.0511. The van der Waals surface area contributed by atoms with Gasteiger partial charge in [-0.3, -0.25) is 0 Å². The van der Waals surface area contributed by atoms with Crippen molar-refractivity contribution in [3.8, 4) is 0 Å². The molecule has 4 nitrogen and oxygen atoms in total. The molecule has 0 unspecified atom stereocenters. The van der Waals surface area contributed by atoms with Crippen molar-refractivity contribution in [2.24, 2.45) is 5.41 Å². The van der Waals surface area contributed by atoms with Gasteiger partial charge in [0.2, 0.25) is 0 Å². The van der Waals surface area contributed by atoms with Gasteiger partial charge >= 0.3 is 0 Å². The smallest absolute Gasteiger partial charge is 0.129 e. The molecule has 0 radical (unpaired) electrons. The quantitative estimate of drug-likeness (QED) is 0.746. The second-order valence-corrected chi connectivity index (χ2v) is 5.15. The SMILES string of the molecule is Cc1cc(N)cnc1NCC1(CO)CCCC1.